The van der Waals surface area contributed by atoms with Crippen molar-refractivity contribution >= 4 is 17.5 Å². The first-order valence-electron chi connectivity index (χ1n) is 8.63. The molecule has 146 valence electrons. The summed E-state index contributed by atoms with van der Waals surface area (Å²) in [5.41, 5.74) is 1.33. The lowest BCUT2D eigenvalue weighted by molar-refractivity contribution is -0.0498. The molecule has 0 aliphatic heterocycles. The molecule has 0 amide bonds. The molecule has 0 bridgehead atoms. The number of pyridine rings is 1. The van der Waals surface area contributed by atoms with Crippen molar-refractivity contribution in [1.29, 1.82) is 0 Å². The van der Waals surface area contributed by atoms with Gasteiger partial charge < -0.3 is 9.30 Å². The molecule has 2 aromatic heterocycles. The number of hydrogen-bond donors (Lipinski definition) is 0. The summed E-state index contributed by atoms with van der Waals surface area (Å²) in [7, 11) is 0. The predicted molar refractivity (Wildman–Crippen MR) is 102 cm³/mol. The maximum atomic E-state index is 12.4. The summed E-state index contributed by atoms with van der Waals surface area (Å²) >= 11 is 1.29. The van der Waals surface area contributed by atoms with E-state index in [4.69, 9.17) is 0 Å². The van der Waals surface area contributed by atoms with Gasteiger partial charge in [0.1, 0.15) is 5.75 Å². The molecule has 0 aliphatic carbocycles. The third-order valence-corrected chi connectivity index (χ3v) is 4.80. The second-order valence-electron chi connectivity index (χ2n) is 5.81. The first-order valence-corrected chi connectivity index (χ1v) is 9.61. The summed E-state index contributed by atoms with van der Waals surface area (Å²) in [4.78, 5) is 16.4. The van der Waals surface area contributed by atoms with Crippen LogP contribution in [0, 0.1) is 0 Å². The number of nitrogens with zero attached hydrogens (tertiary/aromatic N) is 4. The van der Waals surface area contributed by atoms with E-state index in [1.54, 1.807) is 12.4 Å². The van der Waals surface area contributed by atoms with Gasteiger partial charge in [-0.15, -0.1) is 10.2 Å². The Balaban J connectivity index is 1.70. The third-order valence-electron chi connectivity index (χ3n) is 3.84. The third kappa shape index (κ3) is 4.92. The van der Waals surface area contributed by atoms with Crippen LogP contribution in [0.1, 0.15) is 23.7 Å². The van der Waals surface area contributed by atoms with Crippen LogP contribution in [0.25, 0.3) is 11.4 Å². The van der Waals surface area contributed by atoms with Gasteiger partial charge in [0.15, 0.2) is 16.8 Å². The van der Waals surface area contributed by atoms with Crippen molar-refractivity contribution in [3.63, 3.8) is 0 Å². The average molecular weight is 404 g/mol. The highest BCUT2D eigenvalue weighted by molar-refractivity contribution is 7.99. The lowest BCUT2D eigenvalue weighted by atomic mass is 10.1. The van der Waals surface area contributed by atoms with Gasteiger partial charge in [-0.3, -0.25) is 9.78 Å². The summed E-state index contributed by atoms with van der Waals surface area (Å²) in [6.45, 7) is -0.114. The molecule has 0 fully saturated rings. The van der Waals surface area contributed by atoms with Crippen molar-refractivity contribution in [2.24, 2.45) is 0 Å². The topological polar surface area (TPSA) is 69.9 Å². The number of ether oxygens (including phenoxy) is 1. The molecule has 0 spiro atoms. The summed E-state index contributed by atoms with van der Waals surface area (Å²) in [6, 6.07) is 9.37. The Kier molecular flexibility index (Phi) is 6.70. The van der Waals surface area contributed by atoms with Crippen molar-refractivity contribution in [3.8, 4) is 17.1 Å². The number of alkyl halides is 2. The fraction of sp³-hybridized carbons (Fsp3) is 0.263. The Morgan fingerprint density at radius 1 is 1.14 bits per heavy atom. The Morgan fingerprint density at radius 2 is 1.86 bits per heavy atom. The number of carbonyl (C=O) groups is 1. The van der Waals surface area contributed by atoms with E-state index in [1.807, 2.05) is 16.7 Å². The molecule has 28 heavy (non-hydrogen) atoms. The van der Waals surface area contributed by atoms with Crippen LogP contribution in [0.5, 0.6) is 5.75 Å². The SMILES string of the molecule is CCCn1c(SCC(=O)c2ccc(OC(F)F)cc2)nnc1-c1ccncc1. The highest BCUT2D eigenvalue weighted by Gasteiger charge is 2.16. The fourth-order valence-corrected chi connectivity index (χ4v) is 3.43. The average Bonchev–Trinajstić information content (AvgIpc) is 3.10. The van der Waals surface area contributed by atoms with Crippen LogP contribution in [0.4, 0.5) is 8.78 Å². The normalized spacial score (nSPS) is 11.0. The number of ketones is 1. The molecule has 0 unspecified atom stereocenters. The lowest BCUT2D eigenvalue weighted by Gasteiger charge is -2.09. The van der Waals surface area contributed by atoms with Crippen molar-refractivity contribution < 1.29 is 18.3 Å². The first-order chi connectivity index (χ1) is 13.6. The predicted octanol–water partition coefficient (Wildman–Crippen LogP) is 4.33. The molecule has 9 heteroatoms. The maximum absolute atomic E-state index is 12.4. The number of benzene rings is 1. The van der Waals surface area contributed by atoms with Gasteiger partial charge in [-0.2, -0.15) is 8.78 Å². The molecule has 0 N–H and O–H groups in total. The monoisotopic (exact) mass is 404 g/mol. The molecular weight excluding hydrogens is 386 g/mol. The summed E-state index contributed by atoms with van der Waals surface area (Å²) in [6.07, 6.45) is 4.28. The molecule has 3 aromatic rings. The number of aromatic nitrogens is 4. The first kappa shape index (κ1) is 19.9. The standard InChI is InChI=1S/C19H18F2N4O2S/c1-2-11-25-17(14-7-9-22-10-8-14)23-24-19(25)28-12-16(26)13-3-5-15(6-4-13)27-18(20)21/h3-10,18H,2,11-12H2,1H3. The Labute approximate surface area is 165 Å². The van der Waals surface area contributed by atoms with E-state index in [9.17, 15) is 13.6 Å². The number of thioether (sulfide) groups is 1. The molecule has 0 aliphatic rings. The van der Waals surface area contributed by atoms with Gasteiger partial charge in [0.2, 0.25) is 0 Å². The summed E-state index contributed by atoms with van der Waals surface area (Å²) in [5, 5.41) is 9.14. The Bertz CT molecular complexity index is 917. The molecule has 0 saturated heterocycles. The van der Waals surface area contributed by atoms with Crippen molar-refractivity contribution in [3.05, 3.63) is 54.4 Å². The van der Waals surface area contributed by atoms with Crippen LogP contribution in [-0.2, 0) is 6.54 Å². The van der Waals surface area contributed by atoms with Crippen molar-refractivity contribution in [2.75, 3.05) is 5.75 Å². The van der Waals surface area contributed by atoms with Gasteiger partial charge in [0.25, 0.3) is 0 Å². The summed E-state index contributed by atoms with van der Waals surface area (Å²) in [5.74, 6) is 0.773. The molecule has 0 radical (unpaired) electrons. The molecule has 0 saturated carbocycles. The van der Waals surface area contributed by atoms with Crippen LogP contribution in [0.15, 0.2) is 53.9 Å². The number of carbonyl (C=O) groups excluding carboxylic acids is 1. The molecular formula is C19H18F2N4O2S. The zero-order valence-corrected chi connectivity index (χ0v) is 15.9. The Morgan fingerprint density at radius 3 is 2.50 bits per heavy atom. The summed E-state index contributed by atoms with van der Waals surface area (Å²) < 4.78 is 30.7. The maximum Gasteiger partial charge on any atom is 0.387 e. The van der Waals surface area contributed by atoms with Crippen molar-refractivity contribution in [1.82, 2.24) is 19.7 Å². The molecule has 0 atom stereocenters. The Hall–Kier alpha value is -2.81. The number of halogens is 2. The van der Waals surface area contributed by atoms with E-state index in [1.165, 1.54) is 36.0 Å². The van der Waals surface area contributed by atoms with Crippen LogP contribution in [0.3, 0.4) is 0 Å². The van der Waals surface area contributed by atoms with Gasteiger partial charge >= 0.3 is 6.61 Å². The van der Waals surface area contributed by atoms with E-state index in [-0.39, 0.29) is 17.3 Å². The number of hydrogen-bond acceptors (Lipinski definition) is 6. The van der Waals surface area contributed by atoms with Crippen LogP contribution < -0.4 is 4.74 Å². The smallest absolute Gasteiger partial charge is 0.387 e. The van der Waals surface area contributed by atoms with Gasteiger partial charge in [0.05, 0.1) is 5.75 Å². The minimum Gasteiger partial charge on any atom is -0.435 e. The van der Waals surface area contributed by atoms with Gasteiger partial charge in [0, 0.05) is 30.1 Å². The molecule has 1 aromatic carbocycles. The quantitative estimate of drug-likeness (QED) is 0.391. The lowest BCUT2D eigenvalue weighted by Crippen LogP contribution is -2.06. The van der Waals surface area contributed by atoms with Gasteiger partial charge in [-0.05, 0) is 42.8 Å². The zero-order chi connectivity index (χ0) is 19.9. The molecule has 3 rings (SSSR count). The highest BCUT2D eigenvalue weighted by atomic mass is 32.2. The van der Waals surface area contributed by atoms with E-state index >= 15 is 0 Å². The van der Waals surface area contributed by atoms with Crippen LogP contribution in [0.2, 0.25) is 0 Å². The van der Waals surface area contributed by atoms with E-state index in [2.05, 4.69) is 26.8 Å². The minimum atomic E-state index is -2.89. The minimum absolute atomic E-state index is 0.0175. The second-order valence-corrected chi connectivity index (χ2v) is 6.75. The molecule has 2 heterocycles. The number of rotatable bonds is 9. The van der Waals surface area contributed by atoms with E-state index < -0.39 is 6.61 Å². The van der Waals surface area contributed by atoms with E-state index in [0.717, 1.165) is 24.4 Å². The van der Waals surface area contributed by atoms with Crippen molar-refractivity contribution in [2.45, 2.75) is 31.7 Å². The van der Waals surface area contributed by atoms with Crippen LogP contribution >= 0.6 is 11.8 Å². The van der Waals surface area contributed by atoms with Gasteiger partial charge in [-0.25, -0.2) is 0 Å². The highest BCUT2D eigenvalue weighted by Crippen LogP contribution is 2.25. The van der Waals surface area contributed by atoms with Gasteiger partial charge in [-0.1, -0.05) is 18.7 Å². The molecule has 6 nitrogen and oxygen atoms in total. The number of Topliss-reactive ketones (excluding diaryl/α,β-unsaturated/α-hetero) is 1. The second kappa shape index (κ2) is 9.41. The van der Waals surface area contributed by atoms with E-state index in [0.29, 0.717) is 10.7 Å². The van der Waals surface area contributed by atoms with Crippen LogP contribution in [-0.4, -0.2) is 37.9 Å². The largest absolute Gasteiger partial charge is 0.435 e. The zero-order valence-electron chi connectivity index (χ0n) is 15.1. The fourth-order valence-electron chi connectivity index (χ4n) is 2.57.